The van der Waals surface area contributed by atoms with E-state index in [4.69, 9.17) is 0 Å². The molecule has 0 bridgehead atoms. The molecule has 6 heteroatoms. The summed E-state index contributed by atoms with van der Waals surface area (Å²) in [6, 6.07) is 6.38. The molecule has 5 nitrogen and oxygen atoms in total. The smallest absolute Gasteiger partial charge is 0.269 e. The van der Waals surface area contributed by atoms with Gasteiger partial charge in [0.05, 0.1) is 11.5 Å². The summed E-state index contributed by atoms with van der Waals surface area (Å²) in [6.45, 7) is 1.61. The molecule has 1 aliphatic rings. The summed E-state index contributed by atoms with van der Waals surface area (Å²) in [7, 11) is 0. The first-order valence-corrected chi connectivity index (χ1v) is 4.30. The lowest BCUT2D eigenvalue weighted by Gasteiger charge is -2.00. The Morgan fingerprint density at radius 1 is 1.33 bits per heavy atom. The van der Waals surface area contributed by atoms with E-state index < -0.39 is 4.92 Å². The van der Waals surface area contributed by atoms with Crippen LogP contribution >= 0.6 is 12.4 Å². The first-order valence-electron chi connectivity index (χ1n) is 4.30. The van der Waals surface area contributed by atoms with Gasteiger partial charge in [-0.15, -0.1) is 12.4 Å². The van der Waals surface area contributed by atoms with Crippen molar-refractivity contribution >= 4 is 23.9 Å². The molecule has 0 saturated heterocycles. The zero-order chi connectivity index (χ0) is 9.97. The fraction of sp³-hybridized carbons (Fsp3) is 0.222. The number of aliphatic imine (C=N–C) groups is 1. The van der Waals surface area contributed by atoms with E-state index in [-0.39, 0.29) is 18.1 Å². The minimum absolute atomic E-state index is 0. The van der Waals surface area contributed by atoms with Gasteiger partial charge in [-0.05, 0) is 12.1 Å². The number of nitrogens with one attached hydrogen (secondary N) is 1. The molecule has 2 rings (SSSR count). The van der Waals surface area contributed by atoms with Crippen LogP contribution in [-0.4, -0.2) is 23.8 Å². The van der Waals surface area contributed by atoms with E-state index in [1.807, 2.05) is 0 Å². The third-order valence-electron chi connectivity index (χ3n) is 2.03. The van der Waals surface area contributed by atoms with Crippen LogP contribution in [0.25, 0.3) is 0 Å². The summed E-state index contributed by atoms with van der Waals surface area (Å²) in [5.41, 5.74) is 1.00. The molecule has 80 valence electrons. The molecule has 0 unspecified atom stereocenters. The lowest BCUT2D eigenvalue weighted by Crippen LogP contribution is -2.19. The molecule has 0 saturated carbocycles. The monoisotopic (exact) mass is 227 g/mol. The van der Waals surface area contributed by atoms with Crippen molar-refractivity contribution in [3.05, 3.63) is 39.9 Å². The molecule has 1 heterocycles. The maximum absolute atomic E-state index is 10.4. The number of hydrogen-bond acceptors (Lipinski definition) is 4. The summed E-state index contributed by atoms with van der Waals surface area (Å²) in [4.78, 5) is 14.2. The summed E-state index contributed by atoms with van der Waals surface area (Å²) < 4.78 is 0. The van der Waals surface area contributed by atoms with E-state index in [0.29, 0.717) is 0 Å². The minimum Gasteiger partial charge on any atom is -0.368 e. The number of amidine groups is 1. The van der Waals surface area contributed by atoms with E-state index >= 15 is 0 Å². The van der Waals surface area contributed by atoms with Gasteiger partial charge in [0.2, 0.25) is 0 Å². The van der Waals surface area contributed by atoms with Crippen LogP contribution in [0.2, 0.25) is 0 Å². The molecular formula is C9H10ClN3O2. The average molecular weight is 228 g/mol. The summed E-state index contributed by atoms with van der Waals surface area (Å²) in [6.07, 6.45) is 0. The Balaban J connectivity index is 0.00000112. The Labute approximate surface area is 92.8 Å². The minimum atomic E-state index is -0.409. The van der Waals surface area contributed by atoms with Crippen molar-refractivity contribution in [3.63, 3.8) is 0 Å². The molecule has 15 heavy (non-hydrogen) atoms. The summed E-state index contributed by atoms with van der Waals surface area (Å²) in [5, 5.41) is 13.5. The number of nitrogens with zero attached hydrogens (tertiary/aromatic N) is 2. The van der Waals surface area contributed by atoms with Gasteiger partial charge in [-0.3, -0.25) is 15.1 Å². The highest BCUT2D eigenvalue weighted by Crippen LogP contribution is 2.12. The predicted molar refractivity (Wildman–Crippen MR) is 59.8 cm³/mol. The third-order valence-corrected chi connectivity index (χ3v) is 2.03. The van der Waals surface area contributed by atoms with Crippen molar-refractivity contribution < 1.29 is 4.92 Å². The van der Waals surface area contributed by atoms with Gasteiger partial charge < -0.3 is 5.32 Å². The van der Waals surface area contributed by atoms with Gasteiger partial charge >= 0.3 is 0 Å². The van der Waals surface area contributed by atoms with Crippen LogP contribution in [0.5, 0.6) is 0 Å². The molecular weight excluding hydrogens is 218 g/mol. The highest BCUT2D eigenvalue weighted by molar-refractivity contribution is 5.99. The van der Waals surface area contributed by atoms with Gasteiger partial charge in [0.1, 0.15) is 5.84 Å². The second-order valence-electron chi connectivity index (χ2n) is 2.96. The largest absolute Gasteiger partial charge is 0.368 e. The van der Waals surface area contributed by atoms with E-state index in [9.17, 15) is 10.1 Å². The Bertz CT molecular complexity index is 389. The lowest BCUT2D eigenvalue weighted by atomic mass is 10.2. The molecule has 0 radical (unpaired) electrons. The molecule has 0 aliphatic carbocycles. The zero-order valence-corrected chi connectivity index (χ0v) is 8.66. The molecule has 0 atom stereocenters. The molecule has 0 amide bonds. The number of nitro benzene ring substituents is 1. The maximum atomic E-state index is 10.4. The fourth-order valence-corrected chi connectivity index (χ4v) is 1.33. The third kappa shape index (κ3) is 2.44. The van der Waals surface area contributed by atoms with Gasteiger partial charge in [0.25, 0.3) is 5.69 Å². The number of nitro groups is 1. The van der Waals surface area contributed by atoms with Gasteiger partial charge in [-0.1, -0.05) is 0 Å². The molecule has 0 spiro atoms. The normalized spacial score (nSPS) is 13.7. The van der Waals surface area contributed by atoms with E-state index in [2.05, 4.69) is 10.3 Å². The second kappa shape index (κ2) is 4.75. The van der Waals surface area contributed by atoms with Crippen LogP contribution < -0.4 is 5.32 Å². The van der Waals surface area contributed by atoms with Gasteiger partial charge in [-0.25, -0.2) is 0 Å². The van der Waals surface area contributed by atoms with Crippen molar-refractivity contribution in [2.45, 2.75) is 0 Å². The Morgan fingerprint density at radius 2 is 2.00 bits per heavy atom. The number of non-ortho nitro benzene ring substituents is 1. The number of benzene rings is 1. The predicted octanol–water partition coefficient (Wildman–Crippen LogP) is 1.37. The highest BCUT2D eigenvalue weighted by atomic mass is 35.5. The second-order valence-corrected chi connectivity index (χ2v) is 2.96. The van der Waals surface area contributed by atoms with Gasteiger partial charge in [-0.2, -0.15) is 0 Å². The van der Waals surface area contributed by atoms with Crippen molar-refractivity contribution in [1.82, 2.24) is 5.32 Å². The molecule has 1 aromatic rings. The van der Waals surface area contributed by atoms with Crippen molar-refractivity contribution in [2.75, 3.05) is 13.1 Å². The molecule has 0 aromatic heterocycles. The van der Waals surface area contributed by atoms with Crippen molar-refractivity contribution in [2.24, 2.45) is 4.99 Å². The topological polar surface area (TPSA) is 67.5 Å². The molecule has 1 N–H and O–H groups in total. The SMILES string of the molecule is Cl.O=[N+]([O-])c1ccc(C2=NCCN2)cc1. The number of hydrogen-bond donors (Lipinski definition) is 1. The number of rotatable bonds is 2. The molecule has 1 aliphatic heterocycles. The van der Waals surface area contributed by atoms with Crippen LogP contribution in [0.4, 0.5) is 5.69 Å². The van der Waals surface area contributed by atoms with Crippen LogP contribution in [0, 0.1) is 10.1 Å². The van der Waals surface area contributed by atoms with Crippen molar-refractivity contribution in [1.29, 1.82) is 0 Å². The van der Waals surface area contributed by atoms with Crippen LogP contribution in [0.1, 0.15) is 5.56 Å². The standard InChI is InChI=1S/C9H9N3O2.ClH/c13-12(14)8-3-1-7(2-4-8)9-10-5-6-11-9;/h1-4H,5-6H2,(H,10,11);1H. The van der Waals surface area contributed by atoms with E-state index in [1.54, 1.807) is 12.1 Å². The Kier molecular flexibility index (Phi) is 3.62. The Morgan fingerprint density at radius 3 is 2.47 bits per heavy atom. The van der Waals surface area contributed by atoms with E-state index in [0.717, 1.165) is 24.5 Å². The lowest BCUT2D eigenvalue weighted by molar-refractivity contribution is -0.384. The van der Waals surface area contributed by atoms with Gasteiger partial charge in [0, 0.05) is 24.2 Å². The first kappa shape index (κ1) is 11.5. The maximum Gasteiger partial charge on any atom is 0.269 e. The van der Waals surface area contributed by atoms with Crippen LogP contribution in [0.15, 0.2) is 29.3 Å². The molecule has 0 fully saturated rings. The quantitative estimate of drug-likeness (QED) is 0.613. The zero-order valence-electron chi connectivity index (χ0n) is 7.84. The highest BCUT2D eigenvalue weighted by Gasteiger charge is 2.09. The summed E-state index contributed by atoms with van der Waals surface area (Å²) in [5.74, 6) is 0.819. The van der Waals surface area contributed by atoms with E-state index in [1.165, 1.54) is 12.1 Å². The van der Waals surface area contributed by atoms with Crippen molar-refractivity contribution in [3.8, 4) is 0 Å². The summed E-state index contributed by atoms with van der Waals surface area (Å²) >= 11 is 0. The molecule has 1 aromatic carbocycles. The first-order chi connectivity index (χ1) is 6.77. The van der Waals surface area contributed by atoms with Crippen LogP contribution in [-0.2, 0) is 0 Å². The number of halogens is 1. The average Bonchev–Trinajstić information content (AvgIpc) is 2.71. The van der Waals surface area contributed by atoms with Crippen LogP contribution in [0.3, 0.4) is 0 Å². The van der Waals surface area contributed by atoms with Gasteiger partial charge in [0.15, 0.2) is 0 Å². The Hall–Kier alpha value is -1.62. The fourth-order valence-electron chi connectivity index (χ4n) is 1.33.